The molecule has 2 saturated heterocycles. The first kappa shape index (κ1) is 13.9. The monoisotopic (exact) mass is 296 g/mol. The summed E-state index contributed by atoms with van der Waals surface area (Å²) >= 11 is 0. The van der Waals surface area contributed by atoms with Crippen LogP contribution in [0, 0.1) is 5.41 Å². The Bertz CT molecular complexity index is 577. The smallest absolute Gasteiger partial charge is 0.243 e. The molecule has 0 aliphatic carbocycles. The summed E-state index contributed by atoms with van der Waals surface area (Å²) in [5.74, 6) is 0.668. The lowest BCUT2D eigenvalue weighted by atomic mass is 9.87. The van der Waals surface area contributed by atoms with Crippen molar-refractivity contribution >= 4 is 10.0 Å². The van der Waals surface area contributed by atoms with Crippen LogP contribution in [-0.2, 0) is 10.0 Å². The molecule has 1 spiro atoms. The van der Waals surface area contributed by atoms with Gasteiger partial charge in [-0.15, -0.1) is 0 Å². The fourth-order valence-electron chi connectivity index (χ4n) is 3.14. The Labute approximate surface area is 120 Å². The molecule has 3 rings (SSSR count). The maximum Gasteiger partial charge on any atom is 0.243 e. The molecule has 1 aromatic rings. The van der Waals surface area contributed by atoms with Crippen LogP contribution in [0.3, 0.4) is 0 Å². The Morgan fingerprint density at radius 3 is 2.60 bits per heavy atom. The number of methoxy groups -OCH3 is 1. The highest BCUT2D eigenvalue weighted by molar-refractivity contribution is 7.89. The highest BCUT2D eigenvalue weighted by Gasteiger charge is 2.44. The molecule has 2 aliphatic rings. The molecule has 0 radical (unpaired) electrons. The summed E-state index contributed by atoms with van der Waals surface area (Å²) in [5.41, 5.74) is 0.152. The molecule has 2 aliphatic heterocycles. The van der Waals surface area contributed by atoms with E-state index in [1.165, 1.54) is 0 Å². The first-order valence-electron chi connectivity index (χ1n) is 6.91. The summed E-state index contributed by atoms with van der Waals surface area (Å²) in [7, 11) is -1.81. The van der Waals surface area contributed by atoms with E-state index in [1.807, 2.05) is 0 Å². The molecule has 0 amide bonds. The summed E-state index contributed by atoms with van der Waals surface area (Å²) < 4.78 is 32.0. The van der Waals surface area contributed by atoms with Gasteiger partial charge in [0, 0.05) is 19.6 Å². The second-order valence-corrected chi connectivity index (χ2v) is 7.63. The molecule has 2 heterocycles. The maximum atomic E-state index is 12.6. The topological polar surface area (TPSA) is 58.6 Å². The SMILES string of the molecule is COc1ccc(S(=O)(=O)N2CCC3(CCNC3)C2)cc1. The van der Waals surface area contributed by atoms with Crippen LogP contribution in [0.15, 0.2) is 29.2 Å². The van der Waals surface area contributed by atoms with Gasteiger partial charge in [-0.25, -0.2) is 8.42 Å². The van der Waals surface area contributed by atoms with Gasteiger partial charge in [0.15, 0.2) is 0 Å². The predicted octanol–water partition coefficient (Wildman–Crippen LogP) is 1.07. The molecule has 1 aromatic carbocycles. The number of hydrogen-bond acceptors (Lipinski definition) is 4. The average molecular weight is 296 g/mol. The minimum Gasteiger partial charge on any atom is -0.497 e. The van der Waals surface area contributed by atoms with Crippen molar-refractivity contribution in [3.63, 3.8) is 0 Å². The quantitative estimate of drug-likeness (QED) is 0.906. The normalized spacial score (nSPS) is 27.2. The van der Waals surface area contributed by atoms with Crippen molar-refractivity contribution in [2.24, 2.45) is 5.41 Å². The van der Waals surface area contributed by atoms with E-state index in [-0.39, 0.29) is 5.41 Å². The fraction of sp³-hybridized carbons (Fsp3) is 0.571. The molecular weight excluding hydrogens is 276 g/mol. The van der Waals surface area contributed by atoms with Gasteiger partial charge in [-0.2, -0.15) is 4.31 Å². The van der Waals surface area contributed by atoms with E-state index in [0.717, 1.165) is 25.9 Å². The minimum absolute atomic E-state index is 0.152. The summed E-state index contributed by atoms with van der Waals surface area (Å²) in [5, 5.41) is 3.34. The van der Waals surface area contributed by atoms with Crippen molar-refractivity contribution in [2.75, 3.05) is 33.3 Å². The second kappa shape index (κ2) is 5.02. The third-order valence-electron chi connectivity index (χ3n) is 4.43. The molecule has 1 unspecified atom stereocenters. The molecule has 0 aromatic heterocycles. The van der Waals surface area contributed by atoms with Crippen LogP contribution >= 0.6 is 0 Å². The molecule has 1 N–H and O–H groups in total. The molecule has 0 saturated carbocycles. The van der Waals surface area contributed by atoms with Gasteiger partial charge in [0.05, 0.1) is 12.0 Å². The fourth-order valence-corrected chi connectivity index (χ4v) is 4.69. The maximum absolute atomic E-state index is 12.6. The minimum atomic E-state index is -3.38. The Hall–Kier alpha value is -1.11. The lowest BCUT2D eigenvalue weighted by molar-refractivity contribution is 0.338. The van der Waals surface area contributed by atoms with Crippen LogP contribution < -0.4 is 10.1 Å². The van der Waals surface area contributed by atoms with Crippen molar-refractivity contribution in [3.8, 4) is 5.75 Å². The number of nitrogens with one attached hydrogen (secondary N) is 1. The van der Waals surface area contributed by atoms with Gasteiger partial charge in [-0.3, -0.25) is 0 Å². The van der Waals surface area contributed by atoms with Crippen LogP contribution in [0.4, 0.5) is 0 Å². The van der Waals surface area contributed by atoms with Crippen molar-refractivity contribution < 1.29 is 13.2 Å². The average Bonchev–Trinajstić information content (AvgIpc) is 3.10. The van der Waals surface area contributed by atoms with Gasteiger partial charge in [0.1, 0.15) is 5.75 Å². The number of sulfonamides is 1. The lowest BCUT2D eigenvalue weighted by Crippen LogP contribution is -2.33. The van der Waals surface area contributed by atoms with Gasteiger partial charge < -0.3 is 10.1 Å². The Morgan fingerprint density at radius 1 is 1.25 bits per heavy atom. The molecule has 5 nitrogen and oxygen atoms in total. The van der Waals surface area contributed by atoms with Crippen LogP contribution in [0.5, 0.6) is 5.75 Å². The number of ether oxygens (including phenoxy) is 1. The predicted molar refractivity (Wildman–Crippen MR) is 76.3 cm³/mol. The van der Waals surface area contributed by atoms with Crippen molar-refractivity contribution in [1.29, 1.82) is 0 Å². The molecule has 2 fully saturated rings. The van der Waals surface area contributed by atoms with Crippen LogP contribution in [-0.4, -0.2) is 46.0 Å². The van der Waals surface area contributed by atoms with Gasteiger partial charge in [0.25, 0.3) is 0 Å². The highest BCUT2D eigenvalue weighted by atomic mass is 32.2. The number of benzene rings is 1. The zero-order chi connectivity index (χ0) is 14.2. The van der Waals surface area contributed by atoms with Crippen molar-refractivity contribution in [2.45, 2.75) is 17.7 Å². The second-order valence-electron chi connectivity index (χ2n) is 5.69. The first-order valence-corrected chi connectivity index (χ1v) is 8.35. The largest absolute Gasteiger partial charge is 0.497 e. The third kappa shape index (κ3) is 2.32. The van der Waals surface area contributed by atoms with E-state index >= 15 is 0 Å². The van der Waals surface area contributed by atoms with Crippen molar-refractivity contribution in [3.05, 3.63) is 24.3 Å². The summed E-state index contributed by atoms with van der Waals surface area (Å²) in [6, 6.07) is 6.61. The Balaban J connectivity index is 1.81. The third-order valence-corrected chi connectivity index (χ3v) is 6.29. The summed E-state index contributed by atoms with van der Waals surface area (Å²) in [6.45, 7) is 3.18. The molecular formula is C14H20N2O3S. The Morgan fingerprint density at radius 2 is 2.00 bits per heavy atom. The lowest BCUT2D eigenvalue weighted by Gasteiger charge is -2.22. The van der Waals surface area contributed by atoms with E-state index in [4.69, 9.17) is 4.74 Å². The van der Waals surface area contributed by atoms with Crippen LogP contribution in [0.25, 0.3) is 0 Å². The van der Waals surface area contributed by atoms with Gasteiger partial charge in [0.2, 0.25) is 10.0 Å². The molecule has 110 valence electrons. The molecule has 6 heteroatoms. The zero-order valence-electron chi connectivity index (χ0n) is 11.6. The highest BCUT2D eigenvalue weighted by Crippen LogP contribution is 2.38. The van der Waals surface area contributed by atoms with Crippen LogP contribution in [0.1, 0.15) is 12.8 Å². The van der Waals surface area contributed by atoms with E-state index < -0.39 is 10.0 Å². The van der Waals surface area contributed by atoms with Gasteiger partial charge in [-0.1, -0.05) is 0 Å². The molecule has 0 bridgehead atoms. The van der Waals surface area contributed by atoms with Gasteiger partial charge >= 0.3 is 0 Å². The standard InChI is InChI=1S/C14H20N2O3S/c1-19-12-2-4-13(5-3-12)20(17,18)16-9-7-14(11-16)6-8-15-10-14/h2-5,15H,6-11H2,1H3. The Kier molecular flexibility index (Phi) is 3.48. The van der Waals surface area contributed by atoms with E-state index in [9.17, 15) is 8.42 Å². The van der Waals surface area contributed by atoms with E-state index in [0.29, 0.717) is 23.7 Å². The zero-order valence-corrected chi connectivity index (χ0v) is 12.4. The van der Waals surface area contributed by atoms with E-state index in [2.05, 4.69) is 5.32 Å². The summed E-state index contributed by atoms with van der Waals surface area (Å²) in [4.78, 5) is 0.348. The number of rotatable bonds is 3. The molecule has 1 atom stereocenters. The van der Waals surface area contributed by atoms with Crippen molar-refractivity contribution in [1.82, 2.24) is 9.62 Å². The van der Waals surface area contributed by atoms with Crippen LogP contribution in [0.2, 0.25) is 0 Å². The van der Waals surface area contributed by atoms with Gasteiger partial charge in [-0.05, 0) is 49.1 Å². The molecule has 20 heavy (non-hydrogen) atoms. The first-order chi connectivity index (χ1) is 9.56. The number of hydrogen-bond donors (Lipinski definition) is 1. The summed E-state index contributed by atoms with van der Waals surface area (Å²) in [6.07, 6.45) is 2.02. The number of nitrogens with zero attached hydrogens (tertiary/aromatic N) is 1. The van der Waals surface area contributed by atoms with E-state index in [1.54, 1.807) is 35.7 Å².